The molecular formula is C10H9N5O2. The summed E-state index contributed by atoms with van der Waals surface area (Å²) in [6, 6.07) is 3.68. The van der Waals surface area contributed by atoms with Crippen LogP contribution in [-0.4, -0.2) is 25.3 Å². The Morgan fingerprint density at radius 1 is 1.35 bits per heavy atom. The van der Waals surface area contributed by atoms with E-state index in [1.54, 1.807) is 6.07 Å². The molecule has 0 saturated heterocycles. The van der Waals surface area contributed by atoms with E-state index >= 15 is 0 Å². The number of H-pyrrole nitrogens is 1. The second-order valence-corrected chi connectivity index (χ2v) is 3.38. The quantitative estimate of drug-likeness (QED) is 0.736. The predicted molar refractivity (Wildman–Crippen MR) is 56.8 cm³/mol. The van der Waals surface area contributed by atoms with Crippen molar-refractivity contribution in [3.05, 3.63) is 24.2 Å². The van der Waals surface area contributed by atoms with E-state index in [-0.39, 0.29) is 0 Å². The molecule has 0 aliphatic rings. The predicted octanol–water partition coefficient (Wildman–Crippen LogP) is 1.68. The zero-order valence-corrected chi connectivity index (χ0v) is 9.04. The third kappa shape index (κ3) is 1.71. The second kappa shape index (κ2) is 3.85. The smallest absolute Gasteiger partial charge is 0.294 e. The van der Waals surface area contributed by atoms with Gasteiger partial charge in [0.05, 0.1) is 0 Å². The lowest BCUT2D eigenvalue weighted by molar-refractivity contribution is 0.412. The summed E-state index contributed by atoms with van der Waals surface area (Å²) < 4.78 is 10.6. The Kier molecular flexibility index (Phi) is 2.21. The highest BCUT2D eigenvalue weighted by Gasteiger charge is 2.15. The van der Waals surface area contributed by atoms with Crippen molar-refractivity contribution in [2.45, 2.75) is 13.3 Å². The molecule has 0 unspecified atom stereocenters. The summed E-state index contributed by atoms with van der Waals surface area (Å²) in [7, 11) is 0. The Balaban J connectivity index is 1.94. The molecule has 0 aliphatic carbocycles. The topological polar surface area (TPSA) is 93.6 Å². The monoisotopic (exact) mass is 231 g/mol. The van der Waals surface area contributed by atoms with Gasteiger partial charge in [-0.15, -0.1) is 0 Å². The molecule has 17 heavy (non-hydrogen) atoms. The number of rotatable bonds is 3. The SMILES string of the molecule is CCc1ccc(-c2nc(-c3ncn[nH]3)no2)o1. The number of aryl methyl sites for hydroxylation is 1. The van der Waals surface area contributed by atoms with Crippen LogP contribution in [0.1, 0.15) is 12.7 Å². The number of hydrogen-bond donors (Lipinski definition) is 1. The Morgan fingerprint density at radius 3 is 3.00 bits per heavy atom. The molecular weight excluding hydrogens is 222 g/mol. The van der Waals surface area contributed by atoms with Crippen LogP contribution < -0.4 is 0 Å². The van der Waals surface area contributed by atoms with Crippen molar-refractivity contribution >= 4 is 0 Å². The second-order valence-electron chi connectivity index (χ2n) is 3.38. The van der Waals surface area contributed by atoms with Crippen LogP contribution in [0.15, 0.2) is 27.4 Å². The zero-order chi connectivity index (χ0) is 11.7. The maximum Gasteiger partial charge on any atom is 0.294 e. The number of nitrogens with zero attached hydrogens (tertiary/aromatic N) is 4. The Bertz CT molecular complexity index is 610. The van der Waals surface area contributed by atoms with Gasteiger partial charge in [-0.25, -0.2) is 4.98 Å². The summed E-state index contributed by atoms with van der Waals surface area (Å²) in [5.41, 5.74) is 0. The average molecular weight is 231 g/mol. The summed E-state index contributed by atoms with van der Waals surface area (Å²) in [6.07, 6.45) is 2.20. The molecule has 7 heteroatoms. The van der Waals surface area contributed by atoms with Crippen LogP contribution in [0.5, 0.6) is 0 Å². The lowest BCUT2D eigenvalue weighted by atomic mass is 10.3. The van der Waals surface area contributed by atoms with Crippen molar-refractivity contribution < 1.29 is 8.94 Å². The van der Waals surface area contributed by atoms with Crippen LogP contribution in [0.4, 0.5) is 0 Å². The van der Waals surface area contributed by atoms with Crippen molar-refractivity contribution in [2.24, 2.45) is 0 Å². The van der Waals surface area contributed by atoms with Crippen LogP contribution in [0.3, 0.4) is 0 Å². The van der Waals surface area contributed by atoms with Gasteiger partial charge in [-0.3, -0.25) is 5.10 Å². The minimum Gasteiger partial charge on any atom is -0.456 e. The van der Waals surface area contributed by atoms with Crippen LogP contribution >= 0.6 is 0 Å². The van der Waals surface area contributed by atoms with E-state index in [0.717, 1.165) is 12.2 Å². The first-order valence-electron chi connectivity index (χ1n) is 5.15. The molecule has 7 nitrogen and oxygen atoms in total. The van der Waals surface area contributed by atoms with Crippen molar-refractivity contribution in [1.29, 1.82) is 0 Å². The molecule has 0 saturated carbocycles. The molecule has 86 valence electrons. The first kappa shape index (κ1) is 9.76. The lowest BCUT2D eigenvalue weighted by Crippen LogP contribution is -1.83. The number of furan rings is 1. The van der Waals surface area contributed by atoms with Gasteiger partial charge in [-0.05, 0) is 12.1 Å². The van der Waals surface area contributed by atoms with E-state index < -0.39 is 0 Å². The molecule has 3 rings (SSSR count). The lowest BCUT2D eigenvalue weighted by Gasteiger charge is -1.87. The fourth-order valence-corrected chi connectivity index (χ4v) is 1.42. The Labute approximate surface area is 95.9 Å². The fraction of sp³-hybridized carbons (Fsp3) is 0.200. The number of aromatic amines is 1. The highest BCUT2D eigenvalue weighted by molar-refractivity contribution is 5.49. The molecule has 0 spiro atoms. The van der Waals surface area contributed by atoms with Crippen molar-refractivity contribution in [1.82, 2.24) is 25.3 Å². The van der Waals surface area contributed by atoms with Crippen LogP contribution in [0.2, 0.25) is 0 Å². The van der Waals surface area contributed by atoms with E-state index in [1.165, 1.54) is 6.33 Å². The molecule has 0 aromatic carbocycles. The first-order chi connectivity index (χ1) is 8.36. The number of aromatic nitrogens is 5. The first-order valence-corrected chi connectivity index (χ1v) is 5.15. The van der Waals surface area contributed by atoms with Crippen molar-refractivity contribution in [3.8, 4) is 23.3 Å². The van der Waals surface area contributed by atoms with Gasteiger partial charge in [-0.2, -0.15) is 10.1 Å². The molecule has 0 atom stereocenters. The summed E-state index contributed by atoms with van der Waals surface area (Å²) in [5.74, 6) is 2.57. The van der Waals surface area contributed by atoms with Gasteiger partial charge in [0.25, 0.3) is 5.89 Å². The van der Waals surface area contributed by atoms with Gasteiger partial charge in [0.15, 0.2) is 11.6 Å². The molecule has 0 amide bonds. The van der Waals surface area contributed by atoms with Crippen molar-refractivity contribution in [3.63, 3.8) is 0 Å². The zero-order valence-electron chi connectivity index (χ0n) is 9.04. The van der Waals surface area contributed by atoms with E-state index in [1.807, 2.05) is 13.0 Å². The van der Waals surface area contributed by atoms with Gasteiger partial charge in [0.1, 0.15) is 12.1 Å². The molecule has 0 aliphatic heterocycles. The van der Waals surface area contributed by atoms with E-state index in [4.69, 9.17) is 8.94 Å². The van der Waals surface area contributed by atoms with Gasteiger partial charge >= 0.3 is 0 Å². The Morgan fingerprint density at radius 2 is 2.29 bits per heavy atom. The maximum absolute atomic E-state index is 5.51. The molecule has 1 N–H and O–H groups in total. The fourth-order valence-electron chi connectivity index (χ4n) is 1.42. The molecule has 0 bridgehead atoms. The number of hydrogen-bond acceptors (Lipinski definition) is 6. The third-order valence-corrected chi connectivity index (χ3v) is 2.27. The number of nitrogens with one attached hydrogen (secondary N) is 1. The summed E-state index contributed by atoms with van der Waals surface area (Å²) in [4.78, 5) is 8.10. The van der Waals surface area contributed by atoms with Crippen LogP contribution in [0.25, 0.3) is 23.3 Å². The molecule has 3 aromatic heterocycles. The van der Waals surface area contributed by atoms with Crippen molar-refractivity contribution in [2.75, 3.05) is 0 Å². The van der Waals surface area contributed by atoms with E-state index in [0.29, 0.717) is 23.3 Å². The molecule has 3 heterocycles. The molecule has 0 fully saturated rings. The van der Waals surface area contributed by atoms with Crippen LogP contribution in [0, 0.1) is 0 Å². The highest BCUT2D eigenvalue weighted by atomic mass is 16.5. The van der Waals surface area contributed by atoms with E-state index in [2.05, 4.69) is 25.3 Å². The Hall–Kier alpha value is -2.44. The average Bonchev–Trinajstić information content (AvgIpc) is 3.09. The largest absolute Gasteiger partial charge is 0.456 e. The highest BCUT2D eigenvalue weighted by Crippen LogP contribution is 2.22. The summed E-state index contributed by atoms with van der Waals surface area (Å²) in [6.45, 7) is 2.01. The minimum atomic E-state index is 0.330. The van der Waals surface area contributed by atoms with Gasteiger partial charge < -0.3 is 8.94 Å². The normalized spacial score (nSPS) is 10.9. The van der Waals surface area contributed by atoms with Crippen LogP contribution in [-0.2, 0) is 6.42 Å². The third-order valence-electron chi connectivity index (χ3n) is 2.27. The standard InChI is InChI=1S/C10H9N5O2/c1-2-6-3-4-7(16-6)10-13-9(15-17-10)8-11-5-12-14-8/h3-5H,2H2,1H3,(H,11,12,14). The maximum atomic E-state index is 5.51. The van der Waals surface area contributed by atoms with Gasteiger partial charge in [0, 0.05) is 6.42 Å². The molecule has 0 radical (unpaired) electrons. The van der Waals surface area contributed by atoms with Gasteiger partial charge in [-0.1, -0.05) is 12.1 Å². The molecule has 3 aromatic rings. The summed E-state index contributed by atoms with van der Waals surface area (Å²) >= 11 is 0. The summed E-state index contributed by atoms with van der Waals surface area (Å²) in [5, 5.41) is 10.2. The van der Waals surface area contributed by atoms with E-state index in [9.17, 15) is 0 Å². The van der Waals surface area contributed by atoms with Gasteiger partial charge in [0.2, 0.25) is 5.82 Å². The minimum absolute atomic E-state index is 0.330.